The van der Waals surface area contributed by atoms with Crippen LogP contribution in [-0.2, 0) is 4.79 Å². The van der Waals surface area contributed by atoms with E-state index in [0.717, 1.165) is 0 Å². The molecule has 1 N–H and O–H groups in total. The topological polar surface area (TPSA) is 77.9 Å². The number of halogens is 3. The highest BCUT2D eigenvalue weighted by atomic mass is 19.4. The third-order valence-corrected chi connectivity index (χ3v) is 1.04. The molecule has 0 fully saturated rings. The van der Waals surface area contributed by atoms with Crippen LogP contribution < -0.4 is 5.32 Å². The van der Waals surface area contributed by atoms with Crippen molar-refractivity contribution in [3.05, 3.63) is 10.4 Å². The van der Waals surface area contributed by atoms with Gasteiger partial charge in [-0.15, -0.1) is 0 Å². The first kappa shape index (κ1) is 11.6. The molecule has 13 heavy (non-hydrogen) atoms. The summed E-state index contributed by atoms with van der Waals surface area (Å²) in [6, 6.07) is 0. The highest BCUT2D eigenvalue weighted by Gasteiger charge is 2.37. The summed E-state index contributed by atoms with van der Waals surface area (Å²) in [4.78, 5) is 12.5. The monoisotopic (exact) mass is 196 g/mol. The molecule has 0 aliphatic heterocycles. The highest BCUT2D eigenvalue weighted by Crippen LogP contribution is 2.13. The van der Waals surface area contributed by atoms with Gasteiger partial charge in [0.2, 0.25) is 0 Å². The van der Waals surface area contributed by atoms with Gasteiger partial charge in [0.05, 0.1) is 0 Å². The number of carbonyl (C=O) groups excluding carboxylic acids is 1. The fourth-order valence-corrected chi connectivity index (χ4v) is 0.497. The Balaban J connectivity index is 3.54. The molecule has 8 heteroatoms. The Morgan fingerprint density at radius 1 is 1.54 bits per heavy atom. The molecule has 0 rings (SSSR count). The van der Waals surface area contributed by atoms with Gasteiger partial charge in [0.25, 0.3) is 0 Å². The molecule has 0 aliphatic carbocycles. The van der Waals surface area contributed by atoms with Gasteiger partial charge in [-0.1, -0.05) is 5.11 Å². The number of nitrogens with zero attached hydrogens (tertiary/aromatic N) is 3. The van der Waals surface area contributed by atoms with Gasteiger partial charge < -0.3 is 5.32 Å². The van der Waals surface area contributed by atoms with Crippen molar-refractivity contribution < 1.29 is 18.0 Å². The molecule has 1 amide bonds. The van der Waals surface area contributed by atoms with Gasteiger partial charge in [0.1, 0.15) is 0 Å². The number of hydrogen-bond acceptors (Lipinski definition) is 2. The van der Waals surface area contributed by atoms with Crippen LogP contribution in [0.5, 0.6) is 0 Å². The Hall–Kier alpha value is -1.43. The van der Waals surface area contributed by atoms with E-state index < -0.39 is 12.1 Å². The van der Waals surface area contributed by atoms with Crippen LogP contribution >= 0.6 is 0 Å². The molecule has 0 atom stereocenters. The molecular weight excluding hydrogens is 189 g/mol. The molecule has 5 nitrogen and oxygen atoms in total. The standard InChI is InChI=1S/C5H7F3N4O/c6-5(7,8)4(13)10-2-1-3-11-12-9/h1-3H2,(H,10,13). The maximum Gasteiger partial charge on any atom is 0.471 e. The summed E-state index contributed by atoms with van der Waals surface area (Å²) in [7, 11) is 0. The molecule has 0 unspecified atom stereocenters. The molecule has 0 bridgehead atoms. The summed E-state index contributed by atoms with van der Waals surface area (Å²) in [5, 5.41) is 4.71. The lowest BCUT2D eigenvalue weighted by atomic mass is 10.4. The van der Waals surface area contributed by atoms with Crippen LogP contribution in [0.3, 0.4) is 0 Å². The van der Waals surface area contributed by atoms with Crippen LogP contribution in [0, 0.1) is 0 Å². The molecule has 0 saturated heterocycles. The van der Waals surface area contributed by atoms with Crippen molar-refractivity contribution in [2.75, 3.05) is 13.1 Å². The quantitative estimate of drug-likeness (QED) is 0.313. The average Bonchev–Trinajstić information content (AvgIpc) is 2.02. The Morgan fingerprint density at radius 2 is 2.15 bits per heavy atom. The lowest BCUT2D eigenvalue weighted by Gasteiger charge is -2.05. The first-order chi connectivity index (χ1) is 5.98. The van der Waals surface area contributed by atoms with Crippen LogP contribution in [0.4, 0.5) is 13.2 Å². The largest absolute Gasteiger partial charge is 0.471 e. The molecule has 0 spiro atoms. The number of hydrogen-bond donors (Lipinski definition) is 1. The van der Waals surface area contributed by atoms with Crippen LogP contribution in [0.2, 0.25) is 0 Å². The van der Waals surface area contributed by atoms with E-state index in [1.165, 1.54) is 0 Å². The first-order valence-electron chi connectivity index (χ1n) is 3.34. The second kappa shape index (κ2) is 5.26. The van der Waals surface area contributed by atoms with E-state index in [9.17, 15) is 18.0 Å². The zero-order chi connectivity index (χ0) is 10.3. The van der Waals surface area contributed by atoms with E-state index in [0.29, 0.717) is 0 Å². The van der Waals surface area contributed by atoms with Crippen molar-refractivity contribution in [1.82, 2.24) is 5.32 Å². The SMILES string of the molecule is [N-]=[N+]=NCCCNC(=O)C(F)(F)F. The van der Waals surface area contributed by atoms with E-state index in [1.54, 1.807) is 5.32 Å². The number of amides is 1. The first-order valence-corrected chi connectivity index (χ1v) is 3.34. The predicted molar refractivity (Wildman–Crippen MR) is 37.7 cm³/mol. The van der Waals surface area contributed by atoms with E-state index in [-0.39, 0.29) is 19.5 Å². The van der Waals surface area contributed by atoms with Gasteiger partial charge in [0, 0.05) is 18.0 Å². The Kier molecular flexibility index (Phi) is 4.68. The number of alkyl halides is 3. The number of carbonyl (C=O) groups is 1. The molecule has 0 aromatic rings. The maximum atomic E-state index is 11.5. The minimum atomic E-state index is -4.85. The van der Waals surface area contributed by atoms with Crippen molar-refractivity contribution in [2.24, 2.45) is 5.11 Å². The normalized spacial score (nSPS) is 10.4. The predicted octanol–water partition coefficient (Wildman–Crippen LogP) is 1.37. The molecule has 0 aromatic heterocycles. The van der Waals surface area contributed by atoms with E-state index in [2.05, 4.69) is 10.0 Å². The summed E-state index contributed by atoms with van der Waals surface area (Å²) in [6.07, 6.45) is -4.66. The lowest BCUT2D eigenvalue weighted by molar-refractivity contribution is -0.173. The summed E-state index contributed by atoms with van der Waals surface area (Å²) < 4.78 is 34.6. The van der Waals surface area contributed by atoms with Crippen LogP contribution in [-0.4, -0.2) is 25.2 Å². The molecular formula is C5H7F3N4O. The van der Waals surface area contributed by atoms with Crippen LogP contribution in [0.1, 0.15) is 6.42 Å². The fourth-order valence-electron chi connectivity index (χ4n) is 0.497. The molecule has 0 heterocycles. The molecule has 0 aliphatic rings. The summed E-state index contributed by atoms with van der Waals surface area (Å²) >= 11 is 0. The Morgan fingerprint density at radius 3 is 2.62 bits per heavy atom. The maximum absolute atomic E-state index is 11.5. The Labute approximate surface area is 71.5 Å². The van der Waals surface area contributed by atoms with Crippen molar-refractivity contribution in [1.29, 1.82) is 0 Å². The van der Waals surface area contributed by atoms with Gasteiger partial charge in [-0.2, -0.15) is 13.2 Å². The average molecular weight is 196 g/mol. The van der Waals surface area contributed by atoms with Crippen molar-refractivity contribution in [3.63, 3.8) is 0 Å². The van der Waals surface area contributed by atoms with Crippen LogP contribution in [0.15, 0.2) is 5.11 Å². The number of nitrogens with one attached hydrogen (secondary N) is 1. The number of rotatable bonds is 4. The highest BCUT2D eigenvalue weighted by molar-refractivity contribution is 5.81. The molecule has 0 aromatic carbocycles. The van der Waals surface area contributed by atoms with Gasteiger partial charge in [-0.05, 0) is 12.0 Å². The van der Waals surface area contributed by atoms with E-state index >= 15 is 0 Å². The van der Waals surface area contributed by atoms with Crippen molar-refractivity contribution in [3.8, 4) is 0 Å². The van der Waals surface area contributed by atoms with Crippen molar-refractivity contribution in [2.45, 2.75) is 12.6 Å². The van der Waals surface area contributed by atoms with Gasteiger partial charge in [-0.3, -0.25) is 4.79 Å². The second-order valence-corrected chi connectivity index (χ2v) is 2.06. The minimum Gasteiger partial charge on any atom is -0.348 e. The zero-order valence-corrected chi connectivity index (χ0v) is 6.51. The van der Waals surface area contributed by atoms with Gasteiger partial charge in [0.15, 0.2) is 0 Å². The van der Waals surface area contributed by atoms with Gasteiger partial charge >= 0.3 is 12.1 Å². The minimum absolute atomic E-state index is 0.0641. The van der Waals surface area contributed by atoms with E-state index in [4.69, 9.17) is 5.53 Å². The third kappa shape index (κ3) is 5.80. The zero-order valence-electron chi connectivity index (χ0n) is 6.51. The van der Waals surface area contributed by atoms with E-state index in [1.807, 2.05) is 0 Å². The third-order valence-electron chi connectivity index (χ3n) is 1.04. The molecule has 74 valence electrons. The molecule has 0 radical (unpaired) electrons. The summed E-state index contributed by atoms with van der Waals surface area (Å²) in [5.41, 5.74) is 7.80. The lowest BCUT2D eigenvalue weighted by Crippen LogP contribution is -2.37. The summed E-state index contributed by atoms with van der Waals surface area (Å²) in [6.45, 7) is -0.0913. The number of azide groups is 1. The fraction of sp³-hybridized carbons (Fsp3) is 0.800. The van der Waals surface area contributed by atoms with Gasteiger partial charge in [-0.25, -0.2) is 0 Å². The second-order valence-electron chi connectivity index (χ2n) is 2.06. The molecule has 0 saturated carbocycles. The smallest absolute Gasteiger partial charge is 0.348 e. The summed E-state index contributed by atoms with van der Waals surface area (Å²) in [5.74, 6) is -1.98. The Bertz CT molecular complexity index is 220. The van der Waals surface area contributed by atoms with Crippen molar-refractivity contribution >= 4 is 5.91 Å². The van der Waals surface area contributed by atoms with Crippen LogP contribution in [0.25, 0.3) is 10.4 Å².